The van der Waals surface area contributed by atoms with E-state index < -0.39 is 0 Å². The van der Waals surface area contributed by atoms with Crippen LogP contribution in [0.3, 0.4) is 0 Å². The van der Waals surface area contributed by atoms with E-state index in [2.05, 4.69) is 0 Å². The van der Waals surface area contributed by atoms with E-state index in [1.54, 1.807) is 12.1 Å². The molecule has 0 fully saturated rings. The van der Waals surface area contributed by atoms with Gasteiger partial charge in [0.05, 0.1) is 6.10 Å². The minimum atomic E-state index is -0.269. The zero-order valence-electron chi connectivity index (χ0n) is 7.20. The van der Waals surface area contributed by atoms with Gasteiger partial charge in [-0.05, 0) is 30.5 Å². The highest BCUT2D eigenvalue weighted by Crippen LogP contribution is 2.11. The van der Waals surface area contributed by atoms with Crippen LogP contribution in [0.4, 0.5) is 0 Å². The molecule has 1 unspecified atom stereocenters. The molecule has 1 aromatic carbocycles. The summed E-state index contributed by atoms with van der Waals surface area (Å²) in [5, 5.41) is 18.3. The minimum absolute atomic E-state index is 0.268. The lowest BCUT2D eigenvalue weighted by atomic mass is 10.1. The third kappa shape index (κ3) is 2.55. The molecular weight excluding hydrogens is 152 g/mol. The van der Waals surface area contributed by atoms with Gasteiger partial charge in [-0.2, -0.15) is 0 Å². The maximum absolute atomic E-state index is 9.32. The van der Waals surface area contributed by atoms with Crippen LogP contribution >= 0.6 is 0 Å². The smallest absolute Gasteiger partial charge is 0.115 e. The van der Waals surface area contributed by atoms with Gasteiger partial charge in [0.25, 0.3) is 0 Å². The largest absolute Gasteiger partial charge is 0.508 e. The van der Waals surface area contributed by atoms with Crippen LogP contribution in [0.5, 0.6) is 5.75 Å². The Morgan fingerprint density at radius 3 is 2.33 bits per heavy atom. The van der Waals surface area contributed by atoms with E-state index in [1.165, 1.54) is 0 Å². The Balaban J connectivity index is 2.58. The predicted octanol–water partition coefficient (Wildman–Crippen LogP) is 1.71. The second-order valence-corrected chi connectivity index (χ2v) is 2.93. The normalized spacial score (nSPS) is 12.8. The van der Waals surface area contributed by atoms with Crippen molar-refractivity contribution in [3.8, 4) is 5.75 Å². The van der Waals surface area contributed by atoms with Gasteiger partial charge in [-0.1, -0.05) is 19.1 Å². The summed E-state index contributed by atoms with van der Waals surface area (Å²) in [6, 6.07) is 6.93. The topological polar surface area (TPSA) is 40.5 Å². The number of benzene rings is 1. The third-order valence-electron chi connectivity index (χ3n) is 1.88. The Labute approximate surface area is 72.5 Å². The van der Waals surface area contributed by atoms with Crippen molar-refractivity contribution in [2.75, 3.05) is 0 Å². The first-order chi connectivity index (χ1) is 5.72. The fourth-order valence-corrected chi connectivity index (χ4v) is 1.05. The molecule has 0 saturated heterocycles. The molecule has 1 aromatic rings. The molecule has 0 aromatic heterocycles. The molecule has 0 amide bonds. The van der Waals surface area contributed by atoms with Gasteiger partial charge in [0.15, 0.2) is 0 Å². The number of hydrogen-bond donors (Lipinski definition) is 2. The lowest BCUT2D eigenvalue weighted by molar-refractivity contribution is 0.171. The Kier molecular flexibility index (Phi) is 3.11. The van der Waals surface area contributed by atoms with E-state index in [0.717, 1.165) is 12.0 Å². The second kappa shape index (κ2) is 4.12. The number of rotatable bonds is 3. The number of aliphatic hydroxyl groups is 1. The number of phenols is 1. The molecule has 0 bridgehead atoms. The summed E-state index contributed by atoms with van der Waals surface area (Å²) >= 11 is 0. The van der Waals surface area contributed by atoms with Crippen LogP contribution in [0.2, 0.25) is 0 Å². The zero-order valence-corrected chi connectivity index (χ0v) is 7.20. The summed E-state index contributed by atoms with van der Waals surface area (Å²) in [6.07, 6.45) is 1.16. The van der Waals surface area contributed by atoms with Gasteiger partial charge in [0, 0.05) is 0 Å². The van der Waals surface area contributed by atoms with Crippen molar-refractivity contribution in [1.29, 1.82) is 0 Å². The Bertz CT molecular complexity index is 228. The summed E-state index contributed by atoms with van der Waals surface area (Å²) in [4.78, 5) is 0. The van der Waals surface area contributed by atoms with Crippen molar-refractivity contribution in [3.05, 3.63) is 29.8 Å². The molecule has 0 radical (unpaired) electrons. The number of aromatic hydroxyl groups is 1. The van der Waals surface area contributed by atoms with Crippen LogP contribution in [0.1, 0.15) is 18.9 Å². The quantitative estimate of drug-likeness (QED) is 0.717. The number of aliphatic hydroxyl groups excluding tert-OH is 1. The molecule has 66 valence electrons. The average Bonchev–Trinajstić information content (AvgIpc) is 2.09. The highest BCUT2D eigenvalue weighted by atomic mass is 16.3. The molecule has 2 N–H and O–H groups in total. The summed E-state index contributed by atoms with van der Waals surface area (Å²) in [7, 11) is 0. The molecule has 0 heterocycles. The maximum Gasteiger partial charge on any atom is 0.115 e. The third-order valence-corrected chi connectivity index (χ3v) is 1.88. The summed E-state index contributed by atoms with van der Waals surface area (Å²) in [5.74, 6) is 0.268. The molecule has 1 rings (SSSR count). The van der Waals surface area contributed by atoms with Gasteiger partial charge in [-0.25, -0.2) is 0 Å². The minimum Gasteiger partial charge on any atom is -0.508 e. The SMILES string of the molecule is CCC(O)Cc1ccc(O)cc1. The standard InChI is InChI=1S/C10H14O2/c1-2-9(11)7-8-3-5-10(12)6-4-8/h3-6,9,11-12H,2,7H2,1H3. The van der Waals surface area contributed by atoms with Crippen LogP contribution < -0.4 is 0 Å². The molecule has 2 nitrogen and oxygen atoms in total. The van der Waals surface area contributed by atoms with E-state index in [1.807, 2.05) is 19.1 Å². The highest BCUT2D eigenvalue weighted by Gasteiger charge is 2.01. The number of hydrogen-bond acceptors (Lipinski definition) is 2. The Hall–Kier alpha value is -1.02. The van der Waals surface area contributed by atoms with Gasteiger partial charge in [0.2, 0.25) is 0 Å². The van der Waals surface area contributed by atoms with Gasteiger partial charge in [0.1, 0.15) is 5.75 Å². The van der Waals surface area contributed by atoms with E-state index >= 15 is 0 Å². The molecule has 0 aliphatic rings. The van der Waals surface area contributed by atoms with E-state index in [9.17, 15) is 5.11 Å². The van der Waals surface area contributed by atoms with Crippen molar-refractivity contribution in [1.82, 2.24) is 0 Å². The number of phenolic OH excluding ortho intramolecular Hbond substituents is 1. The Morgan fingerprint density at radius 1 is 1.25 bits per heavy atom. The molecule has 1 atom stereocenters. The molecular formula is C10H14O2. The maximum atomic E-state index is 9.32. The van der Waals surface area contributed by atoms with Crippen LogP contribution in [0.15, 0.2) is 24.3 Å². The van der Waals surface area contributed by atoms with Crippen LogP contribution in [-0.4, -0.2) is 16.3 Å². The van der Waals surface area contributed by atoms with Crippen molar-refractivity contribution in [3.63, 3.8) is 0 Å². The fourth-order valence-electron chi connectivity index (χ4n) is 1.05. The van der Waals surface area contributed by atoms with Gasteiger partial charge < -0.3 is 10.2 Å². The van der Waals surface area contributed by atoms with E-state index in [4.69, 9.17) is 5.11 Å². The van der Waals surface area contributed by atoms with Gasteiger partial charge in [-0.15, -0.1) is 0 Å². The second-order valence-electron chi connectivity index (χ2n) is 2.93. The van der Waals surface area contributed by atoms with E-state index in [-0.39, 0.29) is 11.9 Å². The first-order valence-electron chi connectivity index (χ1n) is 4.18. The zero-order chi connectivity index (χ0) is 8.97. The molecule has 2 heteroatoms. The monoisotopic (exact) mass is 166 g/mol. The molecule has 0 aliphatic carbocycles. The summed E-state index contributed by atoms with van der Waals surface area (Å²) in [5.41, 5.74) is 1.06. The van der Waals surface area contributed by atoms with Gasteiger partial charge in [-0.3, -0.25) is 0 Å². The van der Waals surface area contributed by atoms with Crippen molar-refractivity contribution >= 4 is 0 Å². The van der Waals surface area contributed by atoms with E-state index in [0.29, 0.717) is 6.42 Å². The van der Waals surface area contributed by atoms with Crippen molar-refractivity contribution in [2.24, 2.45) is 0 Å². The fraction of sp³-hybridized carbons (Fsp3) is 0.400. The van der Waals surface area contributed by atoms with Crippen LogP contribution in [0, 0.1) is 0 Å². The Morgan fingerprint density at radius 2 is 1.83 bits per heavy atom. The lowest BCUT2D eigenvalue weighted by Crippen LogP contribution is -2.07. The van der Waals surface area contributed by atoms with Crippen molar-refractivity contribution in [2.45, 2.75) is 25.9 Å². The molecule has 0 saturated carbocycles. The predicted molar refractivity (Wildman–Crippen MR) is 48.1 cm³/mol. The average molecular weight is 166 g/mol. The summed E-state index contributed by atoms with van der Waals surface area (Å²) in [6.45, 7) is 1.95. The lowest BCUT2D eigenvalue weighted by Gasteiger charge is -2.06. The first kappa shape index (κ1) is 9.07. The van der Waals surface area contributed by atoms with Crippen molar-refractivity contribution < 1.29 is 10.2 Å². The first-order valence-corrected chi connectivity index (χ1v) is 4.18. The molecule has 12 heavy (non-hydrogen) atoms. The van der Waals surface area contributed by atoms with Crippen LogP contribution in [0.25, 0.3) is 0 Å². The summed E-state index contributed by atoms with van der Waals surface area (Å²) < 4.78 is 0. The van der Waals surface area contributed by atoms with Gasteiger partial charge >= 0.3 is 0 Å². The molecule has 0 aliphatic heterocycles. The molecule has 0 spiro atoms. The van der Waals surface area contributed by atoms with Crippen LogP contribution in [-0.2, 0) is 6.42 Å². The highest BCUT2D eigenvalue weighted by molar-refractivity contribution is 5.26.